The molecule has 9 nitrogen and oxygen atoms in total. The fourth-order valence-electron chi connectivity index (χ4n) is 4.79. The van der Waals surface area contributed by atoms with Gasteiger partial charge < -0.3 is 25.3 Å². The van der Waals surface area contributed by atoms with Gasteiger partial charge in [-0.2, -0.15) is 5.26 Å². The van der Waals surface area contributed by atoms with E-state index in [1.165, 1.54) is 0 Å². The lowest BCUT2D eigenvalue weighted by atomic mass is 9.79. The predicted octanol–water partition coefficient (Wildman–Crippen LogP) is 1.81. The Morgan fingerprint density at radius 3 is 2.79 bits per heavy atom. The molecule has 2 aromatic rings. The molecule has 0 aliphatic carbocycles. The lowest BCUT2D eigenvalue weighted by Gasteiger charge is -2.48. The predicted molar refractivity (Wildman–Crippen MR) is 121 cm³/mol. The minimum Gasteiger partial charge on any atom is -0.496 e. The van der Waals surface area contributed by atoms with Crippen molar-refractivity contribution in [3.8, 4) is 11.8 Å². The van der Waals surface area contributed by atoms with Crippen LogP contribution in [0, 0.1) is 29.1 Å². The Kier molecular flexibility index (Phi) is 6.27. The molecule has 33 heavy (non-hydrogen) atoms. The molecule has 0 radical (unpaired) electrons. The van der Waals surface area contributed by atoms with Crippen LogP contribution in [-0.4, -0.2) is 59.9 Å². The van der Waals surface area contributed by atoms with Gasteiger partial charge in [0.2, 0.25) is 11.8 Å². The third kappa shape index (κ3) is 4.25. The number of ether oxygens (including phenoxy) is 1. The average Bonchev–Trinajstić information content (AvgIpc) is 3.38. The number of nitrogens with one attached hydrogen (secondary N) is 3. The van der Waals surface area contributed by atoms with Gasteiger partial charge in [0.15, 0.2) is 0 Å². The molecule has 4 rings (SSSR count). The minimum atomic E-state index is -0.783. The third-order valence-corrected chi connectivity index (χ3v) is 6.76. The Labute approximate surface area is 192 Å². The Hall–Kier alpha value is -3.54. The number of carbonyl (C=O) groups is 3. The number of aromatic nitrogens is 1. The number of hydrogen-bond acceptors (Lipinski definition) is 5. The van der Waals surface area contributed by atoms with Crippen molar-refractivity contribution in [3.63, 3.8) is 0 Å². The molecule has 2 saturated heterocycles. The van der Waals surface area contributed by atoms with Gasteiger partial charge in [0.1, 0.15) is 23.5 Å². The summed E-state index contributed by atoms with van der Waals surface area (Å²) in [5, 5.41) is 15.9. The summed E-state index contributed by atoms with van der Waals surface area (Å²) in [5.41, 5.74) is 1.16. The van der Waals surface area contributed by atoms with E-state index in [0.717, 1.165) is 10.9 Å². The van der Waals surface area contributed by atoms with Gasteiger partial charge >= 0.3 is 0 Å². The smallest absolute Gasteiger partial charge is 0.271 e. The van der Waals surface area contributed by atoms with E-state index in [-0.39, 0.29) is 41.9 Å². The van der Waals surface area contributed by atoms with Crippen LogP contribution < -0.4 is 15.4 Å². The summed E-state index contributed by atoms with van der Waals surface area (Å²) in [6.45, 7) is 5.09. The third-order valence-electron chi connectivity index (χ3n) is 6.76. The Morgan fingerprint density at radius 1 is 1.36 bits per heavy atom. The second-order valence-electron chi connectivity index (χ2n) is 9.12. The number of likely N-dealkylation sites (tertiary alicyclic amines) is 1. The zero-order valence-electron chi connectivity index (χ0n) is 19.1. The minimum absolute atomic E-state index is 0.0120. The highest BCUT2D eigenvalue weighted by atomic mass is 16.5. The Bertz CT molecular complexity index is 1120. The summed E-state index contributed by atoms with van der Waals surface area (Å²) in [6.07, 6.45) is 0.919. The van der Waals surface area contributed by atoms with Crippen molar-refractivity contribution in [2.24, 2.45) is 17.8 Å². The van der Waals surface area contributed by atoms with Gasteiger partial charge in [-0.05, 0) is 37.0 Å². The van der Waals surface area contributed by atoms with Crippen molar-refractivity contribution in [2.75, 3.05) is 20.2 Å². The molecule has 2 fully saturated rings. The molecule has 3 heterocycles. The number of methoxy groups -OCH3 is 1. The molecule has 3 N–H and O–H groups in total. The number of hydrogen-bond donors (Lipinski definition) is 3. The summed E-state index contributed by atoms with van der Waals surface area (Å²) in [5.74, 6) is -0.152. The normalized spacial score (nSPS) is 23.1. The van der Waals surface area contributed by atoms with E-state index in [1.54, 1.807) is 18.1 Å². The molecule has 9 heteroatoms. The molecule has 3 amide bonds. The number of H-pyrrole nitrogens is 1. The SMILES string of the molecule is COc1cccc2[nH]c(C(=O)N3CC(C(C)C)[C@H]3C(=O)N[C@H](C#N)C[C@@H]3CCNC3=O)cc12. The van der Waals surface area contributed by atoms with E-state index >= 15 is 0 Å². The highest BCUT2D eigenvalue weighted by Crippen LogP contribution is 2.34. The summed E-state index contributed by atoms with van der Waals surface area (Å²) in [7, 11) is 1.58. The number of aromatic amines is 1. The highest BCUT2D eigenvalue weighted by molar-refractivity contribution is 6.02. The molecule has 4 atom stereocenters. The van der Waals surface area contributed by atoms with Crippen molar-refractivity contribution >= 4 is 28.6 Å². The summed E-state index contributed by atoms with van der Waals surface area (Å²) < 4.78 is 5.38. The molecule has 0 bridgehead atoms. The summed E-state index contributed by atoms with van der Waals surface area (Å²) >= 11 is 0. The van der Waals surface area contributed by atoms with Gasteiger partial charge in [0.25, 0.3) is 5.91 Å². The fraction of sp³-hybridized carbons (Fsp3) is 0.500. The zero-order valence-corrected chi connectivity index (χ0v) is 19.1. The van der Waals surface area contributed by atoms with E-state index in [4.69, 9.17) is 4.74 Å². The van der Waals surface area contributed by atoms with Crippen LogP contribution >= 0.6 is 0 Å². The van der Waals surface area contributed by atoms with Gasteiger partial charge in [-0.25, -0.2) is 0 Å². The summed E-state index contributed by atoms with van der Waals surface area (Å²) in [6, 6.07) is 7.92. The molecule has 0 saturated carbocycles. The van der Waals surface area contributed by atoms with Crippen LogP contribution in [0.3, 0.4) is 0 Å². The van der Waals surface area contributed by atoms with E-state index < -0.39 is 12.1 Å². The number of benzene rings is 1. The molecule has 2 aliphatic rings. The molecule has 0 spiro atoms. The average molecular weight is 452 g/mol. The number of nitrogens with zero attached hydrogens (tertiary/aromatic N) is 2. The van der Waals surface area contributed by atoms with Gasteiger partial charge in [-0.1, -0.05) is 19.9 Å². The van der Waals surface area contributed by atoms with E-state index in [0.29, 0.717) is 31.0 Å². The van der Waals surface area contributed by atoms with Gasteiger partial charge in [-0.3, -0.25) is 14.4 Å². The number of nitriles is 1. The second-order valence-corrected chi connectivity index (χ2v) is 9.12. The second kappa shape index (κ2) is 9.14. The lowest BCUT2D eigenvalue weighted by Crippen LogP contribution is -2.66. The molecular weight excluding hydrogens is 422 g/mol. The number of amides is 3. The highest BCUT2D eigenvalue weighted by Gasteiger charge is 2.48. The van der Waals surface area contributed by atoms with Crippen molar-refractivity contribution in [2.45, 2.75) is 38.8 Å². The molecule has 174 valence electrons. The first-order valence-electron chi connectivity index (χ1n) is 11.3. The maximum Gasteiger partial charge on any atom is 0.271 e. The topological polar surface area (TPSA) is 127 Å². The maximum atomic E-state index is 13.3. The number of fused-ring (bicyclic) bond motifs is 1. The first-order chi connectivity index (χ1) is 15.8. The molecule has 1 aromatic carbocycles. The Morgan fingerprint density at radius 2 is 2.15 bits per heavy atom. The van der Waals surface area contributed by atoms with Crippen LogP contribution in [0.15, 0.2) is 24.3 Å². The first-order valence-corrected chi connectivity index (χ1v) is 11.3. The molecule has 2 aliphatic heterocycles. The lowest BCUT2D eigenvalue weighted by molar-refractivity contribution is -0.135. The van der Waals surface area contributed by atoms with Gasteiger partial charge in [0, 0.05) is 35.8 Å². The first kappa shape index (κ1) is 22.6. The van der Waals surface area contributed by atoms with Crippen LogP contribution in [0.2, 0.25) is 0 Å². The molecule has 1 unspecified atom stereocenters. The van der Waals surface area contributed by atoms with Crippen molar-refractivity contribution in [1.82, 2.24) is 20.5 Å². The number of rotatable bonds is 7. The van der Waals surface area contributed by atoms with Crippen LogP contribution in [-0.2, 0) is 9.59 Å². The van der Waals surface area contributed by atoms with Crippen molar-refractivity contribution in [1.29, 1.82) is 5.26 Å². The van der Waals surface area contributed by atoms with Crippen LogP contribution in [0.4, 0.5) is 0 Å². The largest absolute Gasteiger partial charge is 0.496 e. The summed E-state index contributed by atoms with van der Waals surface area (Å²) in [4.78, 5) is 43.1. The van der Waals surface area contributed by atoms with Gasteiger partial charge in [0.05, 0.1) is 13.2 Å². The van der Waals surface area contributed by atoms with Crippen molar-refractivity contribution < 1.29 is 19.1 Å². The standard InChI is InChI=1S/C24H29N5O4/c1-13(2)17-12-29(24(32)19-10-16-18(28-19)5-4-6-20(16)33-3)21(17)23(31)27-15(11-25)9-14-7-8-26-22(14)30/h4-6,10,13-15,17,21,28H,7-9,12H2,1-3H3,(H,26,30)(H,27,31)/t14-,15-,17?,21-/m0/s1. The Balaban J connectivity index is 1.51. The quantitative estimate of drug-likeness (QED) is 0.592. The van der Waals surface area contributed by atoms with Gasteiger partial charge in [-0.15, -0.1) is 0 Å². The zero-order chi connectivity index (χ0) is 23.7. The molecular formula is C24H29N5O4. The monoisotopic (exact) mass is 451 g/mol. The number of carbonyl (C=O) groups excluding carboxylic acids is 3. The van der Waals surface area contributed by atoms with E-state index in [9.17, 15) is 19.6 Å². The maximum absolute atomic E-state index is 13.3. The van der Waals surface area contributed by atoms with Crippen LogP contribution in [0.25, 0.3) is 10.9 Å². The van der Waals surface area contributed by atoms with Crippen LogP contribution in [0.5, 0.6) is 5.75 Å². The van der Waals surface area contributed by atoms with E-state index in [1.807, 2.05) is 32.0 Å². The van der Waals surface area contributed by atoms with Crippen LogP contribution in [0.1, 0.15) is 37.2 Å². The fourth-order valence-corrected chi connectivity index (χ4v) is 4.79. The molecule has 1 aromatic heterocycles. The van der Waals surface area contributed by atoms with E-state index in [2.05, 4.69) is 21.7 Å². The van der Waals surface area contributed by atoms with Crippen molar-refractivity contribution in [3.05, 3.63) is 30.0 Å².